The van der Waals surface area contributed by atoms with Gasteiger partial charge in [-0.1, -0.05) is 13.8 Å². The van der Waals surface area contributed by atoms with Crippen LogP contribution in [0.3, 0.4) is 0 Å². The maximum atomic E-state index is 4.38. The summed E-state index contributed by atoms with van der Waals surface area (Å²) in [6.07, 6.45) is 4.54. The number of piperidine rings is 1. The Labute approximate surface area is 167 Å². The third-order valence-corrected chi connectivity index (χ3v) is 5.00. The molecule has 0 aromatic carbocycles. The molecular weight excluding hydrogens is 433 g/mol. The number of aryl methyl sites for hydroxylation is 1. The van der Waals surface area contributed by atoms with Gasteiger partial charge in [-0.05, 0) is 38.1 Å². The summed E-state index contributed by atoms with van der Waals surface area (Å²) in [5.41, 5.74) is 0. The Morgan fingerprint density at radius 3 is 2.88 bits per heavy atom. The number of likely N-dealkylation sites (tertiary alicyclic amines) is 1. The van der Waals surface area contributed by atoms with E-state index < -0.39 is 0 Å². The minimum Gasteiger partial charge on any atom is -0.356 e. The molecule has 0 bridgehead atoms. The van der Waals surface area contributed by atoms with Crippen LogP contribution in [0.25, 0.3) is 0 Å². The molecule has 7 heteroatoms. The molecule has 1 atom stereocenters. The van der Waals surface area contributed by atoms with Crippen molar-refractivity contribution in [3.63, 3.8) is 0 Å². The highest BCUT2D eigenvalue weighted by Crippen LogP contribution is 2.16. The van der Waals surface area contributed by atoms with Crippen LogP contribution >= 0.6 is 35.3 Å². The fourth-order valence-corrected chi connectivity index (χ4v) is 3.83. The first-order chi connectivity index (χ1) is 11.1. The molecule has 1 aliphatic rings. The first-order valence-electron chi connectivity index (χ1n) is 8.65. The van der Waals surface area contributed by atoms with Crippen molar-refractivity contribution in [3.8, 4) is 0 Å². The van der Waals surface area contributed by atoms with Gasteiger partial charge in [0.05, 0.1) is 6.54 Å². The fourth-order valence-electron chi connectivity index (χ4n) is 3.10. The van der Waals surface area contributed by atoms with Crippen molar-refractivity contribution in [3.05, 3.63) is 16.1 Å². The molecule has 1 aromatic rings. The summed E-state index contributed by atoms with van der Waals surface area (Å²) >= 11 is 1.73. The molecule has 1 unspecified atom stereocenters. The second kappa shape index (κ2) is 11.3. The summed E-state index contributed by atoms with van der Waals surface area (Å²) < 4.78 is 0. The highest BCUT2D eigenvalue weighted by molar-refractivity contribution is 14.0. The smallest absolute Gasteiger partial charge is 0.191 e. The summed E-state index contributed by atoms with van der Waals surface area (Å²) in [5, 5.41) is 7.94. The average molecular weight is 465 g/mol. The normalized spacial score (nSPS) is 19.2. The van der Waals surface area contributed by atoms with Gasteiger partial charge in [0, 0.05) is 37.8 Å². The van der Waals surface area contributed by atoms with Gasteiger partial charge in [-0.3, -0.25) is 4.99 Å². The van der Waals surface area contributed by atoms with Crippen LogP contribution in [0.4, 0.5) is 0 Å². The second-order valence-electron chi connectivity index (χ2n) is 6.83. The molecule has 0 saturated carbocycles. The highest BCUT2D eigenvalue weighted by Gasteiger charge is 2.20. The molecule has 0 aliphatic carbocycles. The molecule has 1 aromatic heterocycles. The molecule has 1 saturated heterocycles. The Balaban J connectivity index is 0.00000288. The summed E-state index contributed by atoms with van der Waals surface area (Å²) in [6.45, 7) is 12.1. The number of hydrogen-bond donors (Lipinski definition) is 2. The van der Waals surface area contributed by atoms with Crippen molar-refractivity contribution in [2.24, 2.45) is 16.8 Å². The van der Waals surface area contributed by atoms with Crippen molar-refractivity contribution >= 4 is 41.3 Å². The summed E-state index contributed by atoms with van der Waals surface area (Å²) in [7, 11) is 1.83. The molecule has 24 heavy (non-hydrogen) atoms. The topological polar surface area (TPSA) is 52.6 Å². The van der Waals surface area contributed by atoms with E-state index in [1.54, 1.807) is 11.3 Å². The zero-order chi connectivity index (χ0) is 16.7. The molecule has 2 N–H and O–H groups in total. The largest absolute Gasteiger partial charge is 0.356 e. The van der Waals surface area contributed by atoms with Gasteiger partial charge in [-0.25, -0.2) is 4.98 Å². The molecule has 0 spiro atoms. The van der Waals surface area contributed by atoms with Crippen molar-refractivity contribution in [1.29, 1.82) is 0 Å². The third-order valence-electron chi connectivity index (χ3n) is 4.08. The number of aromatic nitrogens is 1. The first kappa shape index (κ1) is 21.6. The number of halogens is 1. The van der Waals surface area contributed by atoms with E-state index in [-0.39, 0.29) is 24.0 Å². The van der Waals surface area contributed by atoms with E-state index in [2.05, 4.69) is 46.3 Å². The predicted molar refractivity (Wildman–Crippen MR) is 114 cm³/mol. The van der Waals surface area contributed by atoms with Crippen molar-refractivity contribution in [1.82, 2.24) is 20.5 Å². The Morgan fingerprint density at radius 2 is 2.25 bits per heavy atom. The molecule has 0 amide bonds. The summed E-state index contributed by atoms with van der Waals surface area (Å²) in [4.78, 5) is 12.5. The number of nitrogens with zero attached hydrogens (tertiary/aromatic N) is 3. The van der Waals surface area contributed by atoms with Crippen molar-refractivity contribution in [2.45, 2.75) is 40.2 Å². The fraction of sp³-hybridized carbons (Fsp3) is 0.765. The monoisotopic (exact) mass is 465 g/mol. The van der Waals surface area contributed by atoms with Crippen LogP contribution < -0.4 is 10.6 Å². The first-order valence-corrected chi connectivity index (χ1v) is 9.46. The van der Waals surface area contributed by atoms with Gasteiger partial charge in [0.2, 0.25) is 0 Å². The lowest BCUT2D eigenvalue weighted by molar-refractivity contribution is 0.159. The van der Waals surface area contributed by atoms with Crippen LogP contribution in [0, 0.1) is 18.8 Å². The van der Waals surface area contributed by atoms with Gasteiger partial charge in [0.25, 0.3) is 0 Å². The Morgan fingerprint density at radius 1 is 1.46 bits per heavy atom. The lowest BCUT2D eigenvalue weighted by Gasteiger charge is -2.34. The third kappa shape index (κ3) is 7.65. The van der Waals surface area contributed by atoms with Crippen LogP contribution in [0.2, 0.25) is 0 Å². The van der Waals surface area contributed by atoms with Gasteiger partial charge in [0.15, 0.2) is 5.96 Å². The van der Waals surface area contributed by atoms with E-state index in [1.165, 1.54) is 37.4 Å². The second-order valence-corrected chi connectivity index (χ2v) is 8.15. The van der Waals surface area contributed by atoms with Crippen LogP contribution in [-0.4, -0.2) is 49.1 Å². The molecule has 1 aliphatic heterocycles. The number of nitrogens with one attached hydrogen (secondary N) is 2. The van der Waals surface area contributed by atoms with E-state index in [4.69, 9.17) is 0 Å². The van der Waals surface area contributed by atoms with Crippen LogP contribution in [0.5, 0.6) is 0 Å². The predicted octanol–water partition coefficient (Wildman–Crippen LogP) is 3.10. The Hall–Kier alpha value is -0.410. The summed E-state index contributed by atoms with van der Waals surface area (Å²) in [6, 6.07) is 0. The minimum absolute atomic E-state index is 0. The lowest BCUT2D eigenvalue weighted by Crippen LogP contribution is -2.44. The standard InChI is InChI=1S/C17H31N5S.HI/c1-13(2)11-22-7-5-6-15(12-22)9-20-17(18-4)21-10-16-19-8-14(3)23-16;/h8,13,15H,5-7,9-12H2,1-4H3,(H2,18,20,21);1H. The van der Waals surface area contributed by atoms with E-state index in [9.17, 15) is 0 Å². The van der Waals surface area contributed by atoms with Crippen LogP contribution in [0.15, 0.2) is 11.2 Å². The maximum absolute atomic E-state index is 4.38. The highest BCUT2D eigenvalue weighted by atomic mass is 127. The Bertz CT molecular complexity index is 503. The lowest BCUT2D eigenvalue weighted by atomic mass is 9.97. The number of rotatable bonds is 6. The number of guanidine groups is 1. The quantitative estimate of drug-likeness (QED) is 0.385. The molecular formula is C17H32IN5S. The van der Waals surface area contributed by atoms with Gasteiger partial charge in [-0.15, -0.1) is 35.3 Å². The van der Waals surface area contributed by atoms with Gasteiger partial charge < -0.3 is 15.5 Å². The van der Waals surface area contributed by atoms with E-state index >= 15 is 0 Å². The number of hydrogen-bond acceptors (Lipinski definition) is 4. The zero-order valence-electron chi connectivity index (χ0n) is 15.3. The zero-order valence-corrected chi connectivity index (χ0v) is 18.5. The van der Waals surface area contributed by atoms with Crippen LogP contribution in [0.1, 0.15) is 36.6 Å². The molecule has 1 fully saturated rings. The molecule has 2 heterocycles. The average Bonchev–Trinajstić information content (AvgIpc) is 2.93. The summed E-state index contributed by atoms with van der Waals surface area (Å²) in [5.74, 6) is 2.33. The minimum atomic E-state index is 0. The Kier molecular flexibility index (Phi) is 10.1. The van der Waals surface area contributed by atoms with E-state index in [0.29, 0.717) is 5.92 Å². The molecule has 5 nitrogen and oxygen atoms in total. The van der Waals surface area contributed by atoms with E-state index in [1.807, 2.05) is 13.2 Å². The van der Waals surface area contributed by atoms with Crippen molar-refractivity contribution < 1.29 is 0 Å². The number of thiazole rings is 1. The molecule has 0 radical (unpaired) electrons. The molecule has 2 rings (SSSR count). The van der Waals surface area contributed by atoms with Gasteiger partial charge in [-0.2, -0.15) is 0 Å². The van der Waals surface area contributed by atoms with Crippen LogP contribution in [-0.2, 0) is 6.54 Å². The van der Waals surface area contributed by atoms with E-state index in [0.717, 1.165) is 30.0 Å². The van der Waals surface area contributed by atoms with Crippen molar-refractivity contribution in [2.75, 3.05) is 33.2 Å². The van der Waals surface area contributed by atoms with Gasteiger partial charge in [0.1, 0.15) is 5.01 Å². The SMILES string of the molecule is CN=C(NCc1ncc(C)s1)NCC1CCCN(CC(C)C)C1.I. The van der Waals surface area contributed by atoms with Gasteiger partial charge >= 0.3 is 0 Å². The maximum Gasteiger partial charge on any atom is 0.191 e. The molecule has 138 valence electrons. The number of aliphatic imine (C=N–C) groups is 1.